The predicted molar refractivity (Wildman–Crippen MR) is 53.1 cm³/mol. The van der Waals surface area contributed by atoms with Crippen LogP contribution in [0.1, 0.15) is 12.5 Å². The van der Waals surface area contributed by atoms with Crippen molar-refractivity contribution in [1.82, 2.24) is 0 Å². The van der Waals surface area contributed by atoms with Gasteiger partial charge in [-0.15, -0.1) is 6.42 Å². The number of rotatable bonds is 3. The number of anilines is 1. The van der Waals surface area contributed by atoms with E-state index in [1.54, 1.807) is 12.1 Å². The molecule has 0 aliphatic rings. The lowest BCUT2D eigenvalue weighted by atomic mass is 10.1. The van der Waals surface area contributed by atoms with E-state index in [0.29, 0.717) is 18.5 Å². The Balaban J connectivity index is 2.81. The zero-order chi connectivity index (χ0) is 9.68. The third kappa shape index (κ3) is 2.48. The fourth-order valence-electron chi connectivity index (χ4n) is 1.11. The van der Waals surface area contributed by atoms with Crippen molar-refractivity contribution >= 4 is 5.69 Å². The zero-order valence-electron chi connectivity index (χ0n) is 7.60. The Labute approximate surface area is 78.0 Å². The fourth-order valence-corrected chi connectivity index (χ4v) is 1.11. The van der Waals surface area contributed by atoms with E-state index in [1.165, 1.54) is 6.07 Å². The number of nitrogens with one attached hydrogen (secondary N) is 1. The number of halogens is 1. The molecule has 1 rings (SSSR count). The standard InChI is InChI=1S/C11H12FN/c1-3-7-13-10-5-6-11(12)9(4-2)8-10/h1,5-6,8,13H,4,7H2,2H3. The Morgan fingerprint density at radius 1 is 1.54 bits per heavy atom. The Morgan fingerprint density at radius 3 is 2.92 bits per heavy atom. The SMILES string of the molecule is C#CCNc1ccc(F)c(CC)c1. The molecule has 0 radical (unpaired) electrons. The molecule has 13 heavy (non-hydrogen) atoms. The summed E-state index contributed by atoms with van der Waals surface area (Å²) in [5.74, 6) is 2.30. The highest BCUT2D eigenvalue weighted by atomic mass is 19.1. The van der Waals surface area contributed by atoms with Gasteiger partial charge in [-0.25, -0.2) is 4.39 Å². The summed E-state index contributed by atoms with van der Waals surface area (Å²) < 4.78 is 13.0. The molecule has 0 saturated carbocycles. The van der Waals surface area contributed by atoms with E-state index in [9.17, 15) is 4.39 Å². The summed E-state index contributed by atoms with van der Waals surface area (Å²) in [5.41, 5.74) is 1.58. The first-order valence-corrected chi connectivity index (χ1v) is 4.23. The largest absolute Gasteiger partial charge is 0.374 e. The fraction of sp³-hybridized carbons (Fsp3) is 0.273. The highest BCUT2D eigenvalue weighted by molar-refractivity contribution is 5.47. The van der Waals surface area contributed by atoms with Gasteiger partial charge in [-0.05, 0) is 30.2 Å². The molecular formula is C11H12FN. The molecule has 0 spiro atoms. The molecule has 0 fully saturated rings. The molecule has 0 amide bonds. The van der Waals surface area contributed by atoms with E-state index in [4.69, 9.17) is 6.42 Å². The van der Waals surface area contributed by atoms with Crippen LogP contribution in [-0.4, -0.2) is 6.54 Å². The molecule has 1 aromatic carbocycles. The summed E-state index contributed by atoms with van der Waals surface area (Å²) in [7, 11) is 0. The molecule has 0 heterocycles. The number of hydrogen-bond donors (Lipinski definition) is 1. The molecule has 0 atom stereocenters. The van der Waals surface area contributed by atoms with E-state index in [-0.39, 0.29) is 5.82 Å². The highest BCUT2D eigenvalue weighted by Gasteiger charge is 2.00. The first kappa shape index (κ1) is 9.60. The maximum atomic E-state index is 13.0. The van der Waals surface area contributed by atoms with Crippen molar-refractivity contribution in [1.29, 1.82) is 0 Å². The van der Waals surface area contributed by atoms with Gasteiger partial charge in [0.2, 0.25) is 0 Å². The van der Waals surface area contributed by atoms with Gasteiger partial charge in [0, 0.05) is 5.69 Å². The van der Waals surface area contributed by atoms with Crippen molar-refractivity contribution < 1.29 is 4.39 Å². The highest BCUT2D eigenvalue weighted by Crippen LogP contribution is 2.14. The summed E-state index contributed by atoms with van der Waals surface area (Å²) >= 11 is 0. The van der Waals surface area contributed by atoms with E-state index in [2.05, 4.69) is 11.2 Å². The van der Waals surface area contributed by atoms with E-state index in [1.807, 2.05) is 6.92 Å². The third-order valence-corrected chi connectivity index (χ3v) is 1.82. The summed E-state index contributed by atoms with van der Waals surface area (Å²) in [4.78, 5) is 0. The average Bonchev–Trinajstić information content (AvgIpc) is 2.16. The molecule has 2 heteroatoms. The average molecular weight is 177 g/mol. The summed E-state index contributed by atoms with van der Waals surface area (Å²) in [5, 5.41) is 2.99. The molecule has 0 bridgehead atoms. The second-order valence-corrected chi connectivity index (χ2v) is 2.72. The van der Waals surface area contributed by atoms with Crippen molar-refractivity contribution in [3.05, 3.63) is 29.6 Å². The Bertz CT molecular complexity index is 325. The van der Waals surface area contributed by atoms with Crippen molar-refractivity contribution in [3.8, 4) is 12.3 Å². The van der Waals surface area contributed by atoms with Gasteiger partial charge in [0.15, 0.2) is 0 Å². The summed E-state index contributed by atoms with van der Waals surface area (Å²) in [6.07, 6.45) is 5.78. The van der Waals surface area contributed by atoms with Crippen LogP contribution in [0.3, 0.4) is 0 Å². The van der Waals surface area contributed by atoms with Gasteiger partial charge in [0.25, 0.3) is 0 Å². The molecule has 1 aromatic rings. The molecule has 0 saturated heterocycles. The van der Waals surface area contributed by atoms with Crippen LogP contribution < -0.4 is 5.32 Å². The van der Waals surface area contributed by atoms with Crippen LogP contribution in [0.4, 0.5) is 10.1 Å². The smallest absolute Gasteiger partial charge is 0.126 e. The minimum atomic E-state index is -0.159. The number of aryl methyl sites for hydroxylation is 1. The number of hydrogen-bond acceptors (Lipinski definition) is 1. The quantitative estimate of drug-likeness (QED) is 0.699. The second kappa shape index (κ2) is 4.51. The Kier molecular flexibility index (Phi) is 3.33. The second-order valence-electron chi connectivity index (χ2n) is 2.72. The maximum absolute atomic E-state index is 13.0. The first-order valence-electron chi connectivity index (χ1n) is 4.23. The minimum absolute atomic E-state index is 0.159. The van der Waals surface area contributed by atoms with E-state index >= 15 is 0 Å². The van der Waals surface area contributed by atoms with Gasteiger partial charge in [0.1, 0.15) is 5.82 Å². The molecule has 1 nitrogen and oxygen atoms in total. The summed E-state index contributed by atoms with van der Waals surface area (Å²) in [6, 6.07) is 4.93. The molecule has 68 valence electrons. The van der Waals surface area contributed by atoms with Crippen LogP contribution in [0.15, 0.2) is 18.2 Å². The van der Waals surface area contributed by atoms with Gasteiger partial charge < -0.3 is 5.32 Å². The van der Waals surface area contributed by atoms with Crippen molar-refractivity contribution in [2.24, 2.45) is 0 Å². The van der Waals surface area contributed by atoms with Crippen molar-refractivity contribution in [2.75, 3.05) is 11.9 Å². The van der Waals surface area contributed by atoms with Gasteiger partial charge in [-0.1, -0.05) is 12.8 Å². The van der Waals surface area contributed by atoms with Crippen LogP contribution in [0.5, 0.6) is 0 Å². The lowest BCUT2D eigenvalue weighted by Gasteiger charge is -2.05. The van der Waals surface area contributed by atoms with Gasteiger partial charge >= 0.3 is 0 Å². The first-order chi connectivity index (χ1) is 6.27. The van der Waals surface area contributed by atoms with Crippen LogP contribution in [-0.2, 0) is 6.42 Å². The Hall–Kier alpha value is -1.49. The van der Waals surface area contributed by atoms with Crippen LogP contribution in [0.2, 0.25) is 0 Å². The molecule has 1 N–H and O–H groups in total. The Morgan fingerprint density at radius 2 is 2.31 bits per heavy atom. The molecular weight excluding hydrogens is 165 g/mol. The minimum Gasteiger partial charge on any atom is -0.374 e. The van der Waals surface area contributed by atoms with Crippen LogP contribution in [0.25, 0.3) is 0 Å². The zero-order valence-corrected chi connectivity index (χ0v) is 7.60. The predicted octanol–water partition coefficient (Wildman–Crippen LogP) is 2.43. The van der Waals surface area contributed by atoms with E-state index < -0.39 is 0 Å². The monoisotopic (exact) mass is 177 g/mol. The molecule has 0 aliphatic carbocycles. The number of terminal acetylenes is 1. The van der Waals surface area contributed by atoms with Crippen LogP contribution >= 0.6 is 0 Å². The third-order valence-electron chi connectivity index (χ3n) is 1.82. The van der Waals surface area contributed by atoms with Crippen molar-refractivity contribution in [2.45, 2.75) is 13.3 Å². The van der Waals surface area contributed by atoms with Gasteiger partial charge in [0.05, 0.1) is 6.54 Å². The molecule has 0 aliphatic heterocycles. The van der Waals surface area contributed by atoms with E-state index in [0.717, 1.165) is 5.69 Å². The molecule has 0 aromatic heterocycles. The van der Waals surface area contributed by atoms with Gasteiger partial charge in [-0.3, -0.25) is 0 Å². The van der Waals surface area contributed by atoms with Crippen LogP contribution in [0, 0.1) is 18.2 Å². The van der Waals surface area contributed by atoms with Crippen molar-refractivity contribution in [3.63, 3.8) is 0 Å². The maximum Gasteiger partial charge on any atom is 0.126 e. The number of benzene rings is 1. The topological polar surface area (TPSA) is 12.0 Å². The van der Waals surface area contributed by atoms with Gasteiger partial charge in [-0.2, -0.15) is 0 Å². The lowest BCUT2D eigenvalue weighted by molar-refractivity contribution is 0.612. The molecule has 0 unspecified atom stereocenters. The normalized spacial score (nSPS) is 9.31. The summed E-state index contributed by atoms with van der Waals surface area (Å²) in [6.45, 7) is 2.39. The lowest BCUT2D eigenvalue weighted by Crippen LogP contribution is -1.99.